The molecule has 0 spiro atoms. The van der Waals surface area contributed by atoms with E-state index in [4.69, 9.17) is 16.3 Å². The van der Waals surface area contributed by atoms with Crippen molar-refractivity contribution in [1.82, 2.24) is 4.90 Å². The van der Waals surface area contributed by atoms with Gasteiger partial charge in [-0.3, -0.25) is 4.79 Å². The van der Waals surface area contributed by atoms with E-state index in [1.165, 1.54) is 11.0 Å². The summed E-state index contributed by atoms with van der Waals surface area (Å²) in [6.07, 6.45) is 3.91. The molecular weight excluding hydrogens is 330 g/mol. The van der Waals surface area contributed by atoms with Crippen LogP contribution in [0.25, 0.3) is 0 Å². The SMILES string of the molecule is C[C@H]1C[C@@H](CC(C(=O)O)N2CC(Oc3ccccc3Cl)=CC2=O)C1. The van der Waals surface area contributed by atoms with Crippen molar-refractivity contribution in [2.45, 2.75) is 32.2 Å². The van der Waals surface area contributed by atoms with Gasteiger partial charge >= 0.3 is 5.97 Å². The van der Waals surface area contributed by atoms with Crippen LogP contribution in [-0.4, -0.2) is 34.5 Å². The molecule has 128 valence electrons. The molecule has 0 saturated heterocycles. The highest BCUT2D eigenvalue weighted by Crippen LogP contribution is 2.37. The maximum absolute atomic E-state index is 12.2. The van der Waals surface area contributed by atoms with Gasteiger partial charge in [0.15, 0.2) is 0 Å². The lowest BCUT2D eigenvalue weighted by Crippen LogP contribution is -2.45. The second-order valence-corrected chi connectivity index (χ2v) is 7.05. The number of ether oxygens (including phenoxy) is 1. The second-order valence-electron chi connectivity index (χ2n) is 6.64. The first kappa shape index (κ1) is 16.8. The Balaban J connectivity index is 1.66. The quantitative estimate of drug-likeness (QED) is 0.855. The summed E-state index contributed by atoms with van der Waals surface area (Å²) < 4.78 is 5.67. The van der Waals surface area contributed by atoms with Crippen LogP contribution in [0.2, 0.25) is 5.02 Å². The second kappa shape index (κ2) is 6.85. The molecule has 1 aliphatic carbocycles. The van der Waals surface area contributed by atoms with Crippen LogP contribution in [0.3, 0.4) is 0 Å². The summed E-state index contributed by atoms with van der Waals surface area (Å²) >= 11 is 6.05. The molecule has 1 heterocycles. The van der Waals surface area contributed by atoms with E-state index < -0.39 is 12.0 Å². The average Bonchev–Trinajstić information content (AvgIpc) is 2.85. The molecule has 0 bridgehead atoms. The standard InChI is InChI=1S/C18H20ClNO4/c1-11-6-12(7-11)8-15(18(22)23)20-10-13(9-17(20)21)24-16-5-3-2-4-14(16)19/h2-5,9,11-12,15H,6-8,10H2,1H3,(H,22,23)/t11-,12+,15?. The van der Waals surface area contributed by atoms with E-state index in [9.17, 15) is 14.7 Å². The van der Waals surface area contributed by atoms with Gasteiger partial charge in [0.1, 0.15) is 17.6 Å². The van der Waals surface area contributed by atoms with Gasteiger partial charge in [-0.2, -0.15) is 0 Å². The lowest BCUT2D eigenvalue weighted by molar-refractivity contribution is -0.148. The Labute approximate surface area is 145 Å². The van der Waals surface area contributed by atoms with Gasteiger partial charge in [0.05, 0.1) is 11.6 Å². The molecule has 1 unspecified atom stereocenters. The predicted octanol–water partition coefficient (Wildman–Crippen LogP) is 3.33. The number of carbonyl (C=O) groups excluding carboxylic acids is 1. The number of rotatable bonds is 6. The van der Waals surface area contributed by atoms with Crippen molar-refractivity contribution >= 4 is 23.5 Å². The zero-order valence-corrected chi connectivity index (χ0v) is 14.2. The van der Waals surface area contributed by atoms with E-state index >= 15 is 0 Å². The first-order chi connectivity index (χ1) is 11.4. The van der Waals surface area contributed by atoms with Crippen molar-refractivity contribution in [1.29, 1.82) is 0 Å². The highest BCUT2D eigenvalue weighted by Gasteiger charge is 2.38. The molecule has 1 atom stereocenters. The summed E-state index contributed by atoms with van der Waals surface area (Å²) in [7, 11) is 0. The first-order valence-corrected chi connectivity index (χ1v) is 8.48. The summed E-state index contributed by atoms with van der Waals surface area (Å²) in [6.45, 7) is 2.31. The number of nitrogens with zero attached hydrogens (tertiary/aromatic N) is 1. The van der Waals surface area contributed by atoms with Crippen LogP contribution in [0.1, 0.15) is 26.2 Å². The van der Waals surface area contributed by atoms with Crippen molar-refractivity contribution in [3.05, 3.63) is 41.1 Å². The van der Waals surface area contributed by atoms with E-state index in [0.29, 0.717) is 34.8 Å². The molecule has 3 rings (SSSR count). The average molecular weight is 350 g/mol. The summed E-state index contributed by atoms with van der Waals surface area (Å²) in [5, 5.41) is 9.97. The van der Waals surface area contributed by atoms with Gasteiger partial charge in [-0.05, 0) is 43.2 Å². The minimum atomic E-state index is -0.963. The molecule has 1 N–H and O–H groups in total. The van der Waals surface area contributed by atoms with Crippen molar-refractivity contribution in [2.24, 2.45) is 11.8 Å². The zero-order valence-electron chi connectivity index (χ0n) is 13.4. The fraction of sp³-hybridized carbons (Fsp3) is 0.444. The minimum Gasteiger partial charge on any atom is -0.480 e. The Morgan fingerprint density at radius 2 is 2.12 bits per heavy atom. The van der Waals surface area contributed by atoms with Crippen molar-refractivity contribution in [3.8, 4) is 5.75 Å². The van der Waals surface area contributed by atoms with E-state index in [1.807, 2.05) is 0 Å². The van der Waals surface area contributed by atoms with Crippen LogP contribution in [0, 0.1) is 11.8 Å². The molecule has 1 aromatic carbocycles. The number of carboxylic acids is 1. The summed E-state index contributed by atoms with van der Waals surface area (Å²) in [5.74, 6) is 0.617. The van der Waals surface area contributed by atoms with E-state index in [2.05, 4.69) is 6.92 Å². The Hall–Kier alpha value is -2.01. The van der Waals surface area contributed by atoms with E-state index in [1.54, 1.807) is 24.3 Å². The van der Waals surface area contributed by atoms with Crippen molar-refractivity contribution in [3.63, 3.8) is 0 Å². The Morgan fingerprint density at radius 1 is 1.42 bits per heavy atom. The normalized spacial score (nSPS) is 24.3. The Morgan fingerprint density at radius 3 is 2.75 bits per heavy atom. The number of hydrogen-bond donors (Lipinski definition) is 1. The molecule has 24 heavy (non-hydrogen) atoms. The third kappa shape index (κ3) is 3.56. The third-order valence-corrected chi connectivity index (χ3v) is 4.97. The van der Waals surface area contributed by atoms with Gasteiger partial charge in [0.25, 0.3) is 5.91 Å². The maximum atomic E-state index is 12.2. The van der Waals surface area contributed by atoms with Gasteiger partial charge in [-0.1, -0.05) is 30.7 Å². The lowest BCUT2D eigenvalue weighted by Gasteiger charge is -2.36. The number of amides is 1. The fourth-order valence-electron chi connectivity index (χ4n) is 3.44. The molecule has 0 aromatic heterocycles. The molecule has 6 heteroatoms. The number of hydrogen-bond acceptors (Lipinski definition) is 3. The highest BCUT2D eigenvalue weighted by molar-refractivity contribution is 6.32. The van der Waals surface area contributed by atoms with Crippen LogP contribution in [0.4, 0.5) is 0 Å². The van der Waals surface area contributed by atoms with Gasteiger partial charge in [-0.15, -0.1) is 0 Å². The van der Waals surface area contributed by atoms with Gasteiger partial charge in [-0.25, -0.2) is 4.79 Å². The fourth-order valence-corrected chi connectivity index (χ4v) is 3.62. The van der Waals surface area contributed by atoms with Crippen LogP contribution >= 0.6 is 11.6 Å². The van der Waals surface area contributed by atoms with Gasteiger partial charge < -0.3 is 14.7 Å². The van der Waals surface area contributed by atoms with Gasteiger partial charge in [0, 0.05) is 6.08 Å². The molecule has 0 radical (unpaired) electrons. The molecule has 1 aromatic rings. The maximum Gasteiger partial charge on any atom is 0.326 e. The molecule has 2 aliphatic rings. The summed E-state index contributed by atoms with van der Waals surface area (Å²) in [6, 6.07) is 6.17. The topological polar surface area (TPSA) is 66.8 Å². The van der Waals surface area contributed by atoms with E-state index in [-0.39, 0.29) is 12.5 Å². The summed E-state index contributed by atoms with van der Waals surface area (Å²) in [4.78, 5) is 25.2. The van der Waals surface area contributed by atoms with Crippen LogP contribution < -0.4 is 4.74 Å². The molecule has 1 amide bonds. The number of carbonyl (C=O) groups is 2. The molecule has 1 aliphatic heterocycles. The smallest absolute Gasteiger partial charge is 0.326 e. The lowest BCUT2D eigenvalue weighted by atomic mass is 9.73. The zero-order chi connectivity index (χ0) is 17.3. The Kier molecular flexibility index (Phi) is 4.81. The molecular formula is C18H20ClNO4. The molecule has 1 fully saturated rings. The number of benzene rings is 1. The third-order valence-electron chi connectivity index (χ3n) is 4.66. The monoisotopic (exact) mass is 349 g/mol. The van der Waals surface area contributed by atoms with Crippen molar-refractivity contribution in [2.75, 3.05) is 6.54 Å². The largest absolute Gasteiger partial charge is 0.480 e. The number of carboxylic acid groups (broad SMARTS) is 1. The van der Waals surface area contributed by atoms with Crippen LogP contribution in [0.15, 0.2) is 36.1 Å². The van der Waals surface area contributed by atoms with E-state index in [0.717, 1.165) is 12.8 Å². The molecule has 5 nitrogen and oxygen atoms in total. The number of halogens is 1. The predicted molar refractivity (Wildman–Crippen MR) is 89.8 cm³/mol. The Bertz CT molecular complexity index is 681. The number of para-hydroxylation sites is 1. The highest BCUT2D eigenvalue weighted by atomic mass is 35.5. The summed E-state index contributed by atoms with van der Waals surface area (Å²) in [5.41, 5.74) is 0. The van der Waals surface area contributed by atoms with Gasteiger partial charge in [0.2, 0.25) is 0 Å². The van der Waals surface area contributed by atoms with Crippen molar-refractivity contribution < 1.29 is 19.4 Å². The number of aliphatic carboxylic acids is 1. The minimum absolute atomic E-state index is 0.156. The van der Waals surface area contributed by atoms with Crippen LogP contribution in [0.5, 0.6) is 5.75 Å². The molecule has 1 saturated carbocycles. The van der Waals surface area contributed by atoms with Crippen LogP contribution in [-0.2, 0) is 9.59 Å². The first-order valence-electron chi connectivity index (χ1n) is 8.10.